The Morgan fingerprint density at radius 2 is 1.85 bits per heavy atom. The molecule has 2 N–H and O–H groups in total. The summed E-state index contributed by atoms with van der Waals surface area (Å²) >= 11 is 0.885. The maximum atomic E-state index is 12.2. The SMILES string of the molecule is Cc1cccc(C)c1NS(=O)(=O)c1csc(C(=O)O)c1. The van der Waals surface area contributed by atoms with Gasteiger partial charge in [-0.15, -0.1) is 11.3 Å². The molecule has 0 radical (unpaired) electrons. The molecule has 0 aliphatic heterocycles. The maximum absolute atomic E-state index is 12.2. The van der Waals surface area contributed by atoms with E-state index in [0.29, 0.717) is 5.69 Å². The molecule has 0 aliphatic carbocycles. The summed E-state index contributed by atoms with van der Waals surface area (Å²) in [5, 5.41) is 10.2. The van der Waals surface area contributed by atoms with Crippen molar-refractivity contribution in [3.8, 4) is 0 Å². The van der Waals surface area contributed by atoms with Gasteiger partial charge in [-0.1, -0.05) is 18.2 Å². The van der Waals surface area contributed by atoms with Gasteiger partial charge in [-0.25, -0.2) is 13.2 Å². The van der Waals surface area contributed by atoms with Crippen LogP contribution in [-0.4, -0.2) is 19.5 Å². The summed E-state index contributed by atoms with van der Waals surface area (Å²) in [6.07, 6.45) is 0. The predicted molar refractivity (Wildman–Crippen MR) is 78.0 cm³/mol. The van der Waals surface area contributed by atoms with E-state index >= 15 is 0 Å². The van der Waals surface area contributed by atoms with Crippen molar-refractivity contribution in [2.24, 2.45) is 0 Å². The number of carboxylic acids is 1. The zero-order valence-electron chi connectivity index (χ0n) is 10.9. The van der Waals surface area contributed by atoms with Crippen molar-refractivity contribution in [3.63, 3.8) is 0 Å². The molecule has 1 aromatic carbocycles. The number of aryl methyl sites for hydroxylation is 2. The van der Waals surface area contributed by atoms with Crippen molar-refractivity contribution in [2.75, 3.05) is 4.72 Å². The average Bonchev–Trinajstić information content (AvgIpc) is 2.84. The first-order chi connectivity index (χ1) is 9.31. The van der Waals surface area contributed by atoms with Crippen LogP contribution in [0.4, 0.5) is 5.69 Å². The van der Waals surface area contributed by atoms with E-state index in [1.165, 1.54) is 5.38 Å². The monoisotopic (exact) mass is 311 g/mol. The highest BCUT2D eigenvalue weighted by atomic mass is 32.2. The summed E-state index contributed by atoms with van der Waals surface area (Å²) in [6.45, 7) is 3.61. The van der Waals surface area contributed by atoms with Crippen molar-refractivity contribution in [2.45, 2.75) is 18.7 Å². The number of anilines is 1. The number of carbonyl (C=O) groups is 1. The molecule has 2 rings (SSSR count). The molecule has 5 nitrogen and oxygen atoms in total. The average molecular weight is 311 g/mol. The zero-order valence-corrected chi connectivity index (χ0v) is 12.5. The minimum Gasteiger partial charge on any atom is -0.477 e. The molecule has 0 fully saturated rings. The van der Waals surface area contributed by atoms with Gasteiger partial charge in [-0.05, 0) is 31.0 Å². The smallest absolute Gasteiger partial charge is 0.345 e. The number of hydrogen-bond donors (Lipinski definition) is 2. The summed E-state index contributed by atoms with van der Waals surface area (Å²) in [4.78, 5) is 10.8. The molecule has 0 saturated heterocycles. The topological polar surface area (TPSA) is 83.5 Å². The van der Waals surface area contributed by atoms with Crippen molar-refractivity contribution in [1.82, 2.24) is 0 Å². The highest BCUT2D eigenvalue weighted by Gasteiger charge is 2.20. The van der Waals surface area contributed by atoms with Gasteiger partial charge in [-0.3, -0.25) is 4.72 Å². The van der Waals surface area contributed by atoms with Gasteiger partial charge in [0.05, 0.1) is 10.6 Å². The molecule has 0 spiro atoms. The first-order valence-electron chi connectivity index (χ1n) is 5.72. The first-order valence-corrected chi connectivity index (χ1v) is 8.08. The van der Waals surface area contributed by atoms with Gasteiger partial charge in [0.1, 0.15) is 4.88 Å². The maximum Gasteiger partial charge on any atom is 0.345 e. The normalized spacial score (nSPS) is 11.3. The molecule has 106 valence electrons. The number of thiophene rings is 1. The lowest BCUT2D eigenvalue weighted by Crippen LogP contribution is -2.14. The van der Waals surface area contributed by atoms with Gasteiger partial charge in [0.2, 0.25) is 0 Å². The third-order valence-corrected chi connectivity index (χ3v) is 5.21. The molecule has 0 atom stereocenters. The van der Waals surface area contributed by atoms with E-state index in [1.807, 2.05) is 6.07 Å². The Bertz CT molecular complexity index is 742. The van der Waals surface area contributed by atoms with Crippen LogP contribution in [0.1, 0.15) is 20.8 Å². The van der Waals surface area contributed by atoms with E-state index in [0.717, 1.165) is 28.5 Å². The minimum absolute atomic E-state index is 0.00752. The van der Waals surface area contributed by atoms with Gasteiger partial charge in [0, 0.05) is 5.38 Å². The van der Waals surface area contributed by atoms with Gasteiger partial charge in [0.15, 0.2) is 0 Å². The van der Waals surface area contributed by atoms with Crippen molar-refractivity contribution >= 4 is 33.0 Å². The Morgan fingerprint density at radius 3 is 2.35 bits per heavy atom. The lowest BCUT2D eigenvalue weighted by molar-refractivity contribution is 0.0702. The van der Waals surface area contributed by atoms with Crippen LogP contribution in [0.25, 0.3) is 0 Å². The molecule has 0 aliphatic rings. The zero-order chi connectivity index (χ0) is 14.9. The Labute approximate surface area is 120 Å². The van der Waals surface area contributed by atoms with Crippen LogP contribution in [-0.2, 0) is 10.0 Å². The van der Waals surface area contributed by atoms with E-state index in [9.17, 15) is 13.2 Å². The fraction of sp³-hybridized carbons (Fsp3) is 0.154. The van der Waals surface area contributed by atoms with Crippen molar-refractivity contribution in [1.29, 1.82) is 0 Å². The summed E-state index contributed by atoms with van der Waals surface area (Å²) in [5.41, 5.74) is 2.14. The number of carboxylic acid groups (broad SMARTS) is 1. The molecule has 7 heteroatoms. The van der Waals surface area contributed by atoms with Gasteiger partial charge < -0.3 is 5.11 Å². The molecular formula is C13H13NO4S2. The van der Waals surface area contributed by atoms with E-state index in [4.69, 9.17) is 5.11 Å². The number of para-hydroxylation sites is 1. The van der Waals surface area contributed by atoms with E-state index in [-0.39, 0.29) is 9.77 Å². The van der Waals surface area contributed by atoms with Crippen LogP contribution in [0.5, 0.6) is 0 Å². The molecule has 0 amide bonds. The summed E-state index contributed by atoms with van der Waals surface area (Å²) in [5.74, 6) is -1.14. The Balaban J connectivity index is 2.38. The summed E-state index contributed by atoms with van der Waals surface area (Å²) in [7, 11) is -3.77. The quantitative estimate of drug-likeness (QED) is 0.909. The Hall–Kier alpha value is -1.86. The fourth-order valence-electron chi connectivity index (χ4n) is 1.74. The van der Waals surface area contributed by atoms with E-state index in [1.54, 1.807) is 26.0 Å². The molecule has 1 aromatic heterocycles. The summed E-state index contributed by atoms with van der Waals surface area (Å²) < 4.78 is 27.0. The van der Waals surface area contributed by atoms with Crippen LogP contribution in [0.3, 0.4) is 0 Å². The van der Waals surface area contributed by atoms with Crippen molar-refractivity contribution < 1.29 is 18.3 Å². The molecular weight excluding hydrogens is 298 g/mol. The van der Waals surface area contributed by atoms with Gasteiger partial charge >= 0.3 is 5.97 Å². The summed E-state index contributed by atoms with van der Waals surface area (Å²) in [6, 6.07) is 6.61. The van der Waals surface area contributed by atoms with Gasteiger partial charge in [0.25, 0.3) is 10.0 Å². The molecule has 0 unspecified atom stereocenters. The Morgan fingerprint density at radius 1 is 1.25 bits per heavy atom. The Kier molecular flexibility index (Phi) is 3.82. The van der Waals surface area contributed by atoms with Crippen molar-refractivity contribution in [3.05, 3.63) is 45.6 Å². The standard InChI is InChI=1S/C13H13NO4S2/c1-8-4-3-5-9(2)12(8)14-20(17,18)10-6-11(13(15)16)19-7-10/h3-7,14H,1-2H3,(H,15,16). The number of nitrogens with one attached hydrogen (secondary N) is 1. The third kappa shape index (κ3) is 2.83. The first kappa shape index (κ1) is 14.5. The molecule has 1 heterocycles. The van der Waals surface area contributed by atoms with Crippen LogP contribution in [0.15, 0.2) is 34.5 Å². The highest BCUT2D eigenvalue weighted by Crippen LogP contribution is 2.25. The lowest BCUT2D eigenvalue weighted by Gasteiger charge is -2.12. The van der Waals surface area contributed by atoms with Crippen LogP contribution in [0, 0.1) is 13.8 Å². The van der Waals surface area contributed by atoms with Crippen LogP contribution >= 0.6 is 11.3 Å². The fourth-order valence-corrected chi connectivity index (χ4v) is 4.05. The number of hydrogen-bond acceptors (Lipinski definition) is 4. The third-order valence-electron chi connectivity index (χ3n) is 2.81. The predicted octanol–water partition coefficient (Wildman–Crippen LogP) is 2.86. The molecule has 2 aromatic rings. The van der Waals surface area contributed by atoms with Gasteiger partial charge in [-0.2, -0.15) is 0 Å². The lowest BCUT2D eigenvalue weighted by atomic mass is 10.1. The van der Waals surface area contributed by atoms with E-state index in [2.05, 4.69) is 4.72 Å². The molecule has 20 heavy (non-hydrogen) atoms. The number of rotatable bonds is 4. The largest absolute Gasteiger partial charge is 0.477 e. The second-order valence-electron chi connectivity index (χ2n) is 4.32. The number of sulfonamides is 1. The van der Waals surface area contributed by atoms with Crippen LogP contribution in [0.2, 0.25) is 0 Å². The molecule has 0 saturated carbocycles. The van der Waals surface area contributed by atoms with Crippen LogP contribution < -0.4 is 4.72 Å². The second-order valence-corrected chi connectivity index (χ2v) is 6.92. The number of benzene rings is 1. The van der Waals surface area contributed by atoms with E-state index < -0.39 is 16.0 Å². The molecule has 0 bridgehead atoms. The second kappa shape index (κ2) is 5.26. The highest BCUT2D eigenvalue weighted by molar-refractivity contribution is 7.92. The minimum atomic E-state index is -3.77. The number of aromatic carboxylic acids is 1.